The number of esters is 1. The summed E-state index contributed by atoms with van der Waals surface area (Å²) >= 11 is 0. The molecule has 3 N–H and O–H groups in total. The standard InChI is InChI=1S/C16H17N3O6/c1-9(25-16(22)11-3-5-14(20)19-18-11)15(21)17-10-2-4-12-13(8-10)24-7-6-23-12/h2-4,8-9,18H,5-7H2,1H3,(H,17,21)(H,19,20)/t9-/m0/s1. The van der Waals surface area contributed by atoms with E-state index in [-0.39, 0.29) is 18.0 Å². The second-order valence-electron chi connectivity index (χ2n) is 5.39. The molecular formula is C16H17N3O6. The fraction of sp³-hybridized carbons (Fsp3) is 0.312. The van der Waals surface area contributed by atoms with Crippen molar-refractivity contribution in [1.82, 2.24) is 10.9 Å². The zero-order chi connectivity index (χ0) is 17.8. The van der Waals surface area contributed by atoms with Crippen LogP contribution < -0.4 is 25.6 Å². The van der Waals surface area contributed by atoms with E-state index in [4.69, 9.17) is 14.2 Å². The van der Waals surface area contributed by atoms with E-state index in [9.17, 15) is 14.4 Å². The molecule has 0 saturated carbocycles. The molecule has 0 bridgehead atoms. The van der Waals surface area contributed by atoms with Crippen LogP contribution in [-0.4, -0.2) is 37.1 Å². The van der Waals surface area contributed by atoms with Gasteiger partial charge in [0.15, 0.2) is 17.6 Å². The average molecular weight is 347 g/mol. The van der Waals surface area contributed by atoms with Gasteiger partial charge in [0, 0.05) is 18.2 Å². The number of hydrazine groups is 1. The quantitative estimate of drug-likeness (QED) is 0.668. The molecule has 9 nitrogen and oxygen atoms in total. The van der Waals surface area contributed by atoms with E-state index in [1.165, 1.54) is 13.0 Å². The molecule has 2 aliphatic rings. The number of hydrogen-bond acceptors (Lipinski definition) is 7. The number of amides is 2. The Kier molecular flexibility index (Phi) is 4.73. The first-order chi connectivity index (χ1) is 12.0. The fourth-order valence-corrected chi connectivity index (χ4v) is 2.21. The maximum absolute atomic E-state index is 12.2. The van der Waals surface area contributed by atoms with Gasteiger partial charge in [0.25, 0.3) is 5.91 Å². The van der Waals surface area contributed by atoms with E-state index >= 15 is 0 Å². The summed E-state index contributed by atoms with van der Waals surface area (Å²) in [6, 6.07) is 5.00. The van der Waals surface area contributed by atoms with Crippen molar-refractivity contribution in [3.8, 4) is 11.5 Å². The maximum Gasteiger partial charge on any atom is 0.356 e. The SMILES string of the molecule is C[C@H](OC(=O)C1=CCC(=O)NN1)C(=O)Nc1ccc2c(c1)OCCO2. The summed E-state index contributed by atoms with van der Waals surface area (Å²) < 4.78 is 15.9. The third kappa shape index (κ3) is 4.00. The van der Waals surface area contributed by atoms with Crippen molar-refractivity contribution in [1.29, 1.82) is 0 Å². The number of rotatable bonds is 4. The molecule has 0 aliphatic carbocycles. The van der Waals surface area contributed by atoms with Crippen LogP contribution in [0, 0.1) is 0 Å². The van der Waals surface area contributed by atoms with Gasteiger partial charge in [-0.1, -0.05) is 0 Å². The third-order valence-electron chi connectivity index (χ3n) is 3.51. The number of hydrogen-bond donors (Lipinski definition) is 3. The van der Waals surface area contributed by atoms with Crippen LogP contribution in [0.15, 0.2) is 30.0 Å². The maximum atomic E-state index is 12.2. The first-order valence-corrected chi connectivity index (χ1v) is 7.69. The summed E-state index contributed by atoms with van der Waals surface area (Å²) in [5, 5.41) is 2.65. The van der Waals surface area contributed by atoms with Gasteiger partial charge in [-0.05, 0) is 25.1 Å². The highest BCUT2D eigenvalue weighted by Crippen LogP contribution is 2.32. The van der Waals surface area contributed by atoms with Crippen molar-refractivity contribution >= 4 is 23.5 Å². The predicted octanol–water partition coefficient (Wildman–Crippen LogP) is 0.236. The summed E-state index contributed by atoms with van der Waals surface area (Å²) in [5.41, 5.74) is 5.30. The Balaban J connectivity index is 1.57. The zero-order valence-corrected chi connectivity index (χ0v) is 13.5. The smallest absolute Gasteiger partial charge is 0.356 e. The molecule has 132 valence electrons. The second-order valence-corrected chi connectivity index (χ2v) is 5.39. The largest absolute Gasteiger partial charge is 0.486 e. The van der Waals surface area contributed by atoms with Gasteiger partial charge in [0.05, 0.1) is 0 Å². The summed E-state index contributed by atoms with van der Waals surface area (Å²) in [6.07, 6.45) is 0.433. The highest BCUT2D eigenvalue weighted by molar-refractivity contribution is 5.97. The van der Waals surface area contributed by atoms with Crippen LogP contribution >= 0.6 is 0 Å². The van der Waals surface area contributed by atoms with Gasteiger partial charge in [-0.15, -0.1) is 0 Å². The topological polar surface area (TPSA) is 115 Å². The lowest BCUT2D eigenvalue weighted by Crippen LogP contribution is -2.43. The molecule has 1 aromatic carbocycles. The fourth-order valence-electron chi connectivity index (χ4n) is 2.21. The van der Waals surface area contributed by atoms with Crippen molar-refractivity contribution in [2.45, 2.75) is 19.4 Å². The number of carbonyl (C=O) groups excluding carboxylic acids is 3. The summed E-state index contributed by atoms with van der Waals surface area (Å²) in [4.78, 5) is 35.1. The summed E-state index contributed by atoms with van der Waals surface area (Å²) in [6.45, 7) is 2.38. The van der Waals surface area contributed by atoms with E-state index < -0.39 is 18.0 Å². The van der Waals surface area contributed by atoms with Crippen LogP contribution in [0.3, 0.4) is 0 Å². The molecule has 25 heavy (non-hydrogen) atoms. The second kappa shape index (κ2) is 7.12. The minimum atomic E-state index is -1.03. The molecule has 0 radical (unpaired) electrons. The zero-order valence-electron chi connectivity index (χ0n) is 13.5. The van der Waals surface area contributed by atoms with Crippen LogP contribution in [0.2, 0.25) is 0 Å². The molecule has 2 amide bonds. The van der Waals surface area contributed by atoms with E-state index in [1.54, 1.807) is 18.2 Å². The predicted molar refractivity (Wildman–Crippen MR) is 85.6 cm³/mol. The summed E-state index contributed by atoms with van der Waals surface area (Å²) in [7, 11) is 0. The Morgan fingerprint density at radius 1 is 1.20 bits per heavy atom. The molecule has 9 heteroatoms. The van der Waals surface area contributed by atoms with E-state index in [2.05, 4.69) is 16.2 Å². The number of anilines is 1. The molecule has 0 fully saturated rings. The molecular weight excluding hydrogens is 330 g/mol. The lowest BCUT2D eigenvalue weighted by molar-refractivity contribution is -0.149. The van der Waals surface area contributed by atoms with E-state index in [1.807, 2.05) is 0 Å². The molecule has 0 aromatic heterocycles. The van der Waals surface area contributed by atoms with Gasteiger partial charge < -0.3 is 19.5 Å². The minimum absolute atomic E-state index is 0.0647. The lowest BCUT2D eigenvalue weighted by Gasteiger charge is -2.20. The van der Waals surface area contributed by atoms with E-state index in [0.29, 0.717) is 30.4 Å². The lowest BCUT2D eigenvalue weighted by atomic mass is 10.2. The van der Waals surface area contributed by atoms with Crippen LogP contribution in [0.5, 0.6) is 11.5 Å². The van der Waals surface area contributed by atoms with Crippen molar-refractivity contribution in [2.24, 2.45) is 0 Å². The minimum Gasteiger partial charge on any atom is -0.486 e. The Morgan fingerprint density at radius 3 is 2.68 bits per heavy atom. The monoisotopic (exact) mass is 347 g/mol. The number of ether oxygens (including phenoxy) is 3. The van der Waals surface area contributed by atoms with Gasteiger partial charge in [-0.3, -0.25) is 20.4 Å². The molecule has 2 heterocycles. The Morgan fingerprint density at radius 2 is 1.96 bits per heavy atom. The molecule has 0 unspecified atom stereocenters. The number of carbonyl (C=O) groups is 3. The molecule has 0 spiro atoms. The Labute approximate surface area is 143 Å². The van der Waals surface area contributed by atoms with Crippen molar-refractivity contribution in [2.75, 3.05) is 18.5 Å². The van der Waals surface area contributed by atoms with Crippen molar-refractivity contribution in [3.63, 3.8) is 0 Å². The average Bonchev–Trinajstić information content (AvgIpc) is 2.62. The normalized spacial score (nSPS) is 16.7. The highest BCUT2D eigenvalue weighted by Gasteiger charge is 2.23. The molecule has 1 atom stereocenters. The number of fused-ring (bicyclic) bond motifs is 1. The molecule has 2 aliphatic heterocycles. The first-order valence-electron chi connectivity index (χ1n) is 7.69. The van der Waals surface area contributed by atoms with Crippen LogP contribution in [0.1, 0.15) is 13.3 Å². The Hall–Kier alpha value is -3.23. The van der Waals surface area contributed by atoms with Gasteiger partial charge in [0.1, 0.15) is 18.9 Å². The van der Waals surface area contributed by atoms with Gasteiger partial charge in [0.2, 0.25) is 5.91 Å². The van der Waals surface area contributed by atoms with E-state index in [0.717, 1.165) is 0 Å². The Bertz CT molecular complexity index is 745. The first kappa shape index (κ1) is 16.6. The molecule has 1 aromatic rings. The third-order valence-corrected chi connectivity index (χ3v) is 3.51. The van der Waals surface area contributed by atoms with Crippen molar-refractivity contribution in [3.05, 3.63) is 30.0 Å². The van der Waals surface area contributed by atoms with Gasteiger partial charge >= 0.3 is 5.97 Å². The van der Waals surface area contributed by atoms with Crippen LogP contribution in [-0.2, 0) is 19.1 Å². The molecule has 3 rings (SSSR count). The van der Waals surface area contributed by atoms with Crippen molar-refractivity contribution < 1.29 is 28.6 Å². The van der Waals surface area contributed by atoms with Gasteiger partial charge in [-0.25, -0.2) is 4.79 Å². The summed E-state index contributed by atoms with van der Waals surface area (Å²) in [5.74, 6) is -0.335. The number of nitrogens with one attached hydrogen (secondary N) is 3. The molecule has 0 saturated heterocycles. The van der Waals surface area contributed by atoms with Crippen LogP contribution in [0.4, 0.5) is 5.69 Å². The highest BCUT2D eigenvalue weighted by atomic mass is 16.6. The van der Waals surface area contributed by atoms with Gasteiger partial charge in [-0.2, -0.15) is 0 Å². The number of benzene rings is 1. The van der Waals surface area contributed by atoms with Crippen LogP contribution in [0.25, 0.3) is 0 Å².